The summed E-state index contributed by atoms with van der Waals surface area (Å²) in [4.78, 5) is 5.97. The zero-order chi connectivity index (χ0) is 13.5. The van der Waals surface area contributed by atoms with E-state index in [0.29, 0.717) is 6.61 Å². The van der Waals surface area contributed by atoms with Gasteiger partial charge in [0.15, 0.2) is 0 Å². The molecule has 0 radical (unpaired) electrons. The van der Waals surface area contributed by atoms with Crippen molar-refractivity contribution >= 4 is 11.3 Å². The molecule has 0 atom stereocenters. The van der Waals surface area contributed by atoms with E-state index in [9.17, 15) is 0 Å². The van der Waals surface area contributed by atoms with Crippen LogP contribution < -0.4 is 5.32 Å². The average molecular weight is 276 g/mol. The number of methoxy groups -OCH3 is 1. The summed E-state index contributed by atoms with van der Waals surface area (Å²) in [5, 5.41) is 4.38. The van der Waals surface area contributed by atoms with E-state index in [1.807, 2.05) is 7.05 Å². The van der Waals surface area contributed by atoms with Crippen LogP contribution in [0.15, 0.2) is 30.3 Å². The molecule has 102 valence electrons. The van der Waals surface area contributed by atoms with E-state index in [1.165, 1.54) is 15.4 Å². The summed E-state index contributed by atoms with van der Waals surface area (Å²) in [6, 6.07) is 10.5. The number of benzene rings is 1. The molecule has 3 nitrogen and oxygen atoms in total. The van der Waals surface area contributed by atoms with E-state index >= 15 is 0 Å². The van der Waals surface area contributed by atoms with Gasteiger partial charge in [-0.25, -0.2) is 4.98 Å². The van der Waals surface area contributed by atoms with Crippen LogP contribution in [0.4, 0.5) is 0 Å². The summed E-state index contributed by atoms with van der Waals surface area (Å²) in [6.45, 7) is 1.46. The van der Waals surface area contributed by atoms with Crippen LogP contribution in [0.3, 0.4) is 0 Å². The molecule has 0 saturated carbocycles. The number of nitrogens with zero attached hydrogens (tertiary/aromatic N) is 1. The maximum absolute atomic E-state index is 5.21. The van der Waals surface area contributed by atoms with Gasteiger partial charge in [-0.1, -0.05) is 30.3 Å². The van der Waals surface area contributed by atoms with E-state index in [4.69, 9.17) is 4.74 Å². The number of aryl methyl sites for hydroxylation is 2. The highest BCUT2D eigenvalue weighted by atomic mass is 32.1. The SMILES string of the molecule is CNCc1sc(CCc2ccccc2)nc1COC. The van der Waals surface area contributed by atoms with E-state index in [2.05, 4.69) is 40.6 Å². The molecule has 1 aromatic carbocycles. The van der Waals surface area contributed by atoms with E-state index < -0.39 is 0 Å². The number of hydrogen-bond donors (Lipinski definition) is 1. The van der Waals surface area contributed by atoms with Gasteiger partial charge in [-0.3, -0.25) is 0 Å². The fourth-order valence-corrected chi connectivity index (χ4v) is 3.07. The van der Waals surface area contributed by atoms with Gasteiger partial charge in [0.05, 0.1) is 17.3 Å². The molecule has 1 heterocycles. The van der Waals surface area contributed by atoms with Crippen molar-refractivity contribution in [1.82, 2.24) is 10.3 Å². The van der Waals surface area contributed by atoms with Crippen molar-refractivity contribution in [3.63, 3.8) is 0 Å². The highest BCUT2D eigenvalue weighted by Gasteiger charge is 2.10. The van der Waals surface area contributed by atoms with Gasteiger partial charge in [0, 0.05) is 25.0 Å². The topological polar surface area (TPSA) is 34.2 Å². The molecular weight excluding hydrogens is 256 g/mol. The van der Waals surface area contributed by atoms with Gasteiger partial charge in [0.1, 0.15) is 0 Å². The third-order valence-corrected chi connectivity index (χ3v) is 4.07. The standard InChI is InChI=1S/C15H20N2OS/c1-16-10-14-13(11-18-2)17-15(19-14)9-8-12-6-4-3-5-7-12/h3-7,16H,8-11H2,1-2H3. The quantitative estimate of drug-likeness (QED) is 0.844. The Hall–Kier alpha value is -1.23. The Morgan fingerprint density at radius 2 is 2.00 bits per heavy atom. The first-order valence-corrected chi connectivity index (χ1v) is 7.30. The first-order valence-electron chi connectivity index (χ1n) is 6.48. The lowest BCUT2D eigenvalue weighted by molar-refractivity contribution is 0.181. The van der Waals surface area contributed by atoms with Crippen molar-refractivity contribution in [2.75, 3.05) is 14.2 Å². The summed E-state index contributed by atoms with van der Waals surface area (Å²) in [7, 11) is 3.67. The molecule has 0 fully saturated rings. The van der Waals surface area contributed by atoms with Gasteiger partial charge >= 0.3 is 0 Å². The normalized spacial score (nSPS) is 10.8. The van der Waals surface area contributed by atoms with Crippen molar-refractivity contribution in [3.8, 4) is 0 Å². The zero-order valence-corrected chi connectivity index (χ0v) is 12.3. The van der Waals surface area contributed by atoms with Crippen LogP contribution in [0.1, 0.15) is 21.1 Å². The third kappa shape index (κ3) is 4.13. The monoisotopic (exact) mass is 276 g/mol. The molecule has 1 aromatic heterocycles. The van der Waals surface area contributed by atoms with Gasteiger partial charge in [0.2, 0.25) is 0 Å². The summed E-state index contributed by atoms with van der Waals surface area (Å²) in [5.74, 6) is 0. The Bertz CT molecular complexity index is 473. The molecular formula is C15H20N2OS. The summed E-state index contributed by atoms with van der Waals surface area (Å²) < 4.78 is 5.21. The molecule has 0 unspecified atom stereocenters. The van der Waals surface area contributed by atoms with Gasteiger partial charge < -0.3 is 10.1 Å². The van der Waals surface area contributed by atoms with Gasteiger partial charge in [-0.05, 0) is 19.0 Å². The van der Waals surface area contributed by atoms with Crippen LogP contribution >= 0.6 is 11.3 Å². The smallest absolute Gasteiger partial charge is 0.0936 e. The first kappa shape index (κ1) is 14.2. The minimum atomic E-state index is 0.596. The lowest BCUT2D eigenvalue weighted by Crippen LogP contribution is -2.06. The average Bonchev–Trinajstić information content (AvgIpc) is 2.81. The molecule has 0 bridgehead atoms. The Morgan fingerprint density at radius 3 is 2.68 bits per heavy atom. The lowest BCUT2D eigenvalue weighted by atomic mass is 10.1. The molecule has 0 saturated heterocycles. The Labute approximate surface area is 118 Å². The van der Waals surface area contributed by atoms with Gasteiger partial charge in [0.25, 0.3) is 0 Å². The Balaban J connectivity index is 2.02. The predicted molar refractivity (Wildman–Crippen MR) is 79.4 cm³/mol. The maximum Gasteiger partial charge on any atom is 0.0936 e. The molecule has 19 heavy (non-hydrogen) atoms. The van der Waals surface area contributed by atoms with Crippen molar-refractivity contribution in [2.24, 2.45) is 0 Å². The molecule has 2 rings (SSSR count). The second-order valence-corrected chi connectivity index (χ2v) is 5.59. The van der Waals surface area contributed by atoms with Crippen molar-refractivity contribution in [2.45, 2.75) is 26.0 Å². The summed E-state index contributed by atoms with van der Waals surface area (Å²) in [6.07, 6.45) is 2.04. The van der Waals surface area contributed by atoms with Crippen LogP contribution in [-0.4, -0.2) is 19.1 Å². The Kier molecular flexibility index (Phi) is 5.51. The summed E-state index contributed by atoms with van der Waals surface area (Å²) >= 11 is 1.79. The van der Waals surface area contributed by atoms with Crippen LogP contribution in [0.5, 0.6) is 0 Å². The van der Waals surface area contributed by atoms with Crippen LogP contribution in [0, 0.1) is 0 Å². The highest BCUT2D eigenvalue weighted by molar-refractivity contribution is 7.11. The van der Waals surface area contributed by atoms with Crippen LogP contribution in [0.25, 0.3) is 0 Å². The van der Waals surface area contributed by atoms with Gasteiger partial charge in [-0.15, -0.1) is 11.3 Å². The number of aromatic nitrogens is 1. The number of ether oxygens (including phenoxy) is 1. The van der Waals surface area contributed by atoms with E-state index in [1.54, 1.807) is 18.4 Å². The molecule has 2 aromatic rings. The van der Waals surface area contributed by atoms with Crippen molar-refractivity contribution in [3.05, 3.63) is 51.5 Å². The van der Waals surface area contributed by atoms with Crippen molar-refractivity contribution in [1.29, 1.82) is 0 Å². The number of rotatable bonds is 7. The maximum atomic E-state index is 5.21. The number of hydrogen-bond acceptors (Lipinski definition) is 4. The minimum Gasteiger partial charge on any atom is -0.378 e. The van der Waals surface area contributed by atoms with Gasteiger partial charge in [-0.2, -0.15) is 0 Å². The molecule has 0 aliphatic carbocycles. The number of thiazole rings is 1. The molecule has 1 N–H and O–H groups in total. The largest absolute Gasteiger partial charge is 0.378 e. The second-order valence-electron chi connectivity index (χ2n) is 4.43. The second kappa shape index (κ2) is 7.38. The fraction of sp³-hybridized carbons (Fsp3) is 0.400. The molecule has 0 spiro atoms. The molecule has 4 heteroatoms. The molecule has 0 amide bonds. The molecule has 0 aliphatic heterocycles. The van der Waals surface area contributed by atoms with Crippen LogP contribution in [0.2, 0.25) is 0 Å². The Morgan fingerprint density at radius 1 is 1.21 bits per heavy atom. The fourth-order valence-electron chi connectivity index (χ4n) is 1.99. The highest BCUT2D eigenvalue weighted by Crippen LogP contribution is 2.21. The first-order chi connectivity index (χ1) is 9.33. The number of nitrogens with one attached hydrogen (secondary N) is 1. The van der Waals surface area contributed by atoms with E-state index in [-0.39, 0.29) is 0 Å². The molecule has 0 aliphatic rings. The summed E-state index contributed by atoms with van der Waals surface area (Å²) in [5.41, 5.74) is 2.44. The van der Waals surface area contributed by atoms with Crippen molar-refractivity contribution < 1.29 is 4.74 Å². The van der Waals surface area contributed by atoms with E-state index in [0.717, 1.165) is 25.1 Å². The van der Waals surface area contributed by atoms with Crippen LogP contribution in [-0.2, 0) is 30.7 Å². The zero-order valence-electron chi connectivity index (χ0n) is 11.5. The minimum absolute atomic E-state index is 0.596. The lowest BCUT2D eigenvalue weighted by Gasteiger charge is -1.98. The predicted octanol–water partition coefficient (Wildman–Crippen LogP) is 2.79. The third-order valence-electron chi connectivity index (χ3n) is 2.91.